The fraction of sp³-hybridized carbons (Fsp3) is 0.138. The average molecular weight is 439 g/mol. The zero-order valence-corrected chi connectivity index (χ0v) is 19.6. The van der Waals surface area contributed by atoms with Gasteiger partial charge in [0.15, 0.2) is 0 Å². The summed E-state index contributed by atoms with van der Waals surface area (Å²) in [6, 6.07) is 40.7. The van der Waals surface area contributed by atoms with E-state index in [0.717, 1.165) is 5.56 Å². The minimum absolute atomic E-state index is 0.0876. The Labute approximate surface area is 191 Å². The van der Waals surface area contributed by atoms with Crippen LogP contribution >= 0.6 is 7.26 Å². The first-order valence-corrected chi connectivity index (χ1v) is 13.0. The van der Waals surface area contributed by atoms with Crippen LogP contribution in [0.4, 0.5) is 0 Å². The molecular formula is C29H29NOP+. The van der Waals surface area contributed by atoms with E-state index in [9.17, 15) is 4.79 Å². The molecule has 32 heavy (non-hydrogen) atoms. The van der Waals surface area contributed by atoms with Crippen molar-refractivity contribution < 1.29 is 4.79 Å². The number of amides is 1. The van der Waals surface area contributed by atoms with Gasteiger partial charge in [0.2, 0.25) is 0 Å². The van der Waals surface area contributed by atoms with E-state index in [2.05, 4.69) is 103 Å². The van der Waals surface area contributed by atoms with Gasteiger partial charge in [-0.15, -0.1) is 0 Å². The minimum atomic E-state index is -2.12. The molecule has 0 bridgehead atoms. The van der Waals surface area contributed by atoms with Crippen molar-refractivity contribution in [2.24, 2.45) is 0 Å². The Kier molecular flexibility index (Phi) is 6.83. The van der Waals surface area contributed by atoms with Gasteiger partial charge in [0.1, 0.15) is 28.5 Å². The van der Waals surface area contributed by atoms with Gasteiger partial charge in [0.05, 0.1) is 0 Å². The van der Waals surface area contributed by atoms with E-state index in [-0.39, 0.29) is 5.91 Å². The number of nitrogens with zero attached hydrogens (tertiary/aromatic N) is 1. The largest absolute Gasteiger partial charge is 0.339 e. The number of hydrogen-bond acceptors (Lipinski definition) is 1. The first-order chi connectivity index (χ1) is 15.7. The van der Waals surface area contributed by atoms with Gasteiger partial charge >= 0.3 is 0 Å². The van der Waals surface area contributed by atoms with E-state index < -0.39 is 7.26 Å². The fourth-order valence-electron chi connectivity index (χ4n) is 4.37. The number of hydrogen-bond donors (Lipinski definition) is 0. The van der Waals surface area contributed by atoms with E-state index in [1.807, 2.05) is 30.9 Å². The molecule has 0 aliphatic carbocycles. The van der Waals surface area contributed by atoms with Crippen LogP contribution in [0, 0.1) is 0 Å². The standard InChI is InChI=1S/C29H29NOP/c1-3-30(4-2)29(31)24-20-22-28(23-21-24)32(25-14-8-5-9-15-25,26-16-10-6-11-17-26)27-18-12-7-13-19-27/h5-23H,3-4H2,1-2H3/q+1. The first-order valence-electron chi connectivity index (χ1n) is 11.2. The molecule has 0 spiro atoms. The van der Waals surface area contributed by atoms with Gasteiger partial charge in [-0.2, -0.15) is 0 Å². The normalized spacial score (nSPS) is 11.2. The summed E-state index contributed by atoms with van der Waals surface area (Å²) in [7, 11) is -2.12. The summed E-state index contributed by atoms with van der Waals surface area (Å²) in [6.07, 6.45) is 0. The Morgan fingerprint density at radius 1 is 0.562 bits per heavy atom. The van der Waals surface area contributed by atoms with Crippen molar-refractivity contribution in [1.82, 2.24) is 4.90 Å². The lowest BCUT2D eigenvalue weighted by atomic mass is 10.2. The average Bonchev–Trinajstić information content (AvgIpc) is 2.88. The molecule has 1 amide bonds. The van der Waals surface area contributed by atoms with Crippen LogP contribution in [0.5, 0.6) is 0 Å². The second-order valence-electron chi connectivity index (χ2n) is 7.70. The predicted octanol–water partition coefficient (Wildman–Crippen LogP) is 4.79. The Bertz CT molecular complexity index is 1040. The third-order valence-corrected chi connectivity index (χ3v) is 10.3. The van der Waals surface area contributed by atoms with Crippen molar-refractivity contribution >= 4 is 34.4 Å². The Morgan fingerprint density at radius 2 is 0.906 bits per heavy atom. The molecule has 4 aromatic rings. The lowest BCUT2D eigenvalue weighted by Crippen LogP contribution is -2.38. The maximum atomic E-state index is 12.9. The van der Waals surface area contributed by atoms with Gasteiger partial charge < -0.3 is 4.90 Å². The monoisotopic (exact) mass is 438 g/mol. The SMILES string of the molecule is CCN(CC)C(=O)c1ccc([P+](c2ccccc2)(c2ccccc2)c2ccccc2)cc1. The quantitative estimate of drug-likeness (QED) is 0.380. The molecule has 2 nitrogen and oxygen atoms in total. The molecule has 0 unspecified atom stereocenters. The third kappa shape index (κ3) is 3.99. The summed E-state index contributed by atoms with van der Waals surface area (Å²) in [5, 5.41) is 5.16. The molecule has 4 aromatic carbocycles. The fourth-order valence-corrected chi connectivity index (χ4v) is 8.61. The molecule has 0 aromatic heterocycles. The molecule has 0 saturated heterocycles. The number of carbonyl (C=O) groups excluding carboxylic acids is 1. The van der Waals surface area contributed by atoms with Crippen LogP contribution in [0.2, 0.25) is 0 Å². The van der Waals surface area contributed by atoms with Crippen LogP contribution in [-0.2, 0) is 0 Å². The summed E-state index contributed by atoms with van der Waals surface area (Å²) in [5.41, 5.74) is 0.740. The van der Waals surface area contributed by atoms with Crippen LogP contribution in [0.3, 0.4) is 0 Å². The van der Waals surface area contributed by atoms with Gasteiger partial charge in [-0.05, 0) is 74.5 Å². The van der Waals surface area contributed by atoms with Gasteiger partial charge in [-0.1, -0.05) is 54.6 Å². The first kappa shape index (κ1) is 22.0. The van der Waals surface area contributed by atoms with Crippen molar-refractivity contribution in [2.45, 2.75) is 13.8 Å². The highest BCUT2D eigenvalue weighted by Gasteiger charge is 2.47. The second kappa shape index (κ2) is 9.94. The van der Waals surface area contributed by atoms with Crippen molar-refractivity contribution in [3.8, 4) is 0 Å². The molecule has 0 heterocycles. The summed E-state index contributed by atoms with van der Waals surface area (Å²) in [5.74, 6) is 0.0876. The third-order valence-electron chi connectivity index (χ3n) is 5.98. The minimum Gasteiger partial charge on any atom is -0.339 e. The van der Waals surface area contributed by atoms with Gasteiger partial charge in [-0.3, -0.25) is 4.79 Å². The summed E-state index contributed by atoms with van der Waals surface area (Å²) >= 11 is 0. The molecular weight excluding hydrogens is 409 g/mol. The summed E-state index contributed by atoms with van der Waals surface area (Å²) in [4.78, 5) is 14.8. The Hall–Kier alpha value is -3.22. The number of rotatable bonds is 7. The highest BCUT2D eigenvalue weighted by atomic mass is 31.2. The molecule has 0 atom stereocenters. The van der Waals surface area contributed by atoms with Crippen molar-refractivity contribution in [3.63, 3.8) is 0 Å². The van der Waals surface area contributed by atoms with Crippen molar-refractivity contribution in [2.75, 3.05) is 13.1 Å². The van der Waals surface area contributed by atoms with E-state index in [0.29, 0.717) is 13.1 Å². The molecule has 0 aliphatic heterocycles. The topological polar surface area (TPSA) is 20.3 Å². The van der Waals surface area contributed by atoms with Crippen LogP contribution in [0.15, 0.2) is 115 Å². The van der Waals surface area contributed by atoms with Gasteiger partial charge in [0.25, 0.3) is 5.91 Å². The molecule has 0 fully saturated rings. The lowest BCUT2D eigenvalue weighted by molar-refractivity contribution is 0.0773. The zero-order chi connectivity index (χ0) is 22.4. The van der Waals surface area contributed by atoms with E-state index in [4.69, 9.17) is 0 Å². The summed E-state index contributed by atoms with van der Waals surface area (Å²) in [6.45, 7) is 5.47. The molecule has 0 aliphatic rings. The van der Waals surface area contributed by atoms with Crippen molar-refractivity contribution in [1.29, 1.82) is 0 Å². The molecule has 4 rings (SSSR count). The maximum absolute atomic E-state index is 12.9. The van der Waals surface area contributed by atoms with E-state index >= 15 is 0 Å². The number of benzene rings is 4. The summed E-state index contributed by atoms with van der Waals surface area (Å²) < 4.78 is 0. The van der Waals surface area contributed by atoms with Crippen LogP contribution in [-0.4, -0.2) is 23.9 Å². The number of carbonyl (C=O) groups is 1. The maximum Gasteiger partial charge on any atom is 0.253 e. The molecule has 0 N–H and O–H groups in total. The van der Waals surface area contributed by atoms with Crippen molar-refractivity contribution in [3.05, 3.63) is 121 Å². The lowest BCUT2D eigenvalue weighted by Gasteiger charge is -2.27. The Balaban J connectivity index is 1.95. The molecule has 0 radical (unpaired) electrons. The molecule has 0 saturated carbocycles. The van der Waals surface area contributed by atoms with Crippen LogP contribution in [0.25, 0.3) is 0 Å². The molecule has 3 heteroatoms. The van der Waals surface area contributed by atoms with Crippen LogP contribution < -0.4 is 21.2 Å². The molecule has 160 valence electrons. The highest BCUT2D eigenvalue weighted by molar-refractivity contribution is 8.01. The zero-order valence-electron chi connectivity index (χ0n) is 18.7. The van der Waals surface area contributed by atoms with Gasteiger partial charge in [0, 0.05) is 18.7 Å². The smallest absolute Gasteiger partial charge is 0.253 e. The Morgan fingerprint density at radius 3 is 1.25 bits per heavy atom. The second-order valence-corrected chi connectivity index (χ2v) is 11.1. The highest BCUT2D eigenvalue weighted by Crippen LogP contribution is 2.54. The van der Waals surface area contributed by atoms with Gasteiger partial charge in [-0.25, -0.2) is 0 Å². The van der Waals surface area contributed by atoms with Crippen LogP contribution in [0.1, 0.15) is 24.2 Å². The van der Waals surface area contributed by atoms with E-state index in [1.165, 1.54) is 21.2 Å². The predicted molar refractivity (Wildman–Crippen MR) is 138 cm³/mol. The van der Waals surface area contributed by atoms with E-state index in [1.54, 1.807) is 0 Å².